The van der Waals surface area contributed by atoms with E-state index in [4.69, 9.17) is 16.6 Å². The van der Waals surface area contributed by atoms with E-state index in [-0.39, 0.29) is 6.42 Å². The number of hydrogen-bond acceptors (Lipinski definition) is 8. The monoisotopic (exact) mass is 441 g/mol. The fourth-order valence-electron chi connectivity index (χ4n) is 2.68. The minimum atomic E-state index is -1.37. The van der Waals surface area contributed by atoms with Gasteiger partial charge in [-0.3, -0.25) is 19.2 Å². The minimum absolute atomic E-state index is 0.0176. The molecule has 3 amide bonds. The van der Waals surface area contributed by atoms with Crippen LogP contribution in [0.1, 0.15) is 31.9 Å². The van der Waals surface area contributed by atoms with E-state index in [0.717, 1.165) is 0 Å². The third-order valence-electron chi connectivity index (χ3n) is 4.39. The molecule has 0 aromatic carbocycles. The highest BCUT2D eigenvalue weighted by Crippen LogP contribution is 2.03. The van der Waals surface area contributed by atoms with Crippen molar-refractivity contribution >= 4 is 23.7 Å². The molecule has 13 nitrogen and oxygen atoms in total. The Morgan fingerprint density at radius 1 is 1.16 bits per heavy atom. The molecule has 174 valence electrons. The lowest BCUT2D eigenvalue weighted by Gasteiger charge is -2.25. The minimum Gasteiger partial charge on any atom is -0.480 e. The zero-order chi connectivity index (χ0) is 23.4. The predicted molar refractivity (Wildman–Crippen MR) is 109 cm³/mol. The van der Waals surface area contributed by atoms with Crippen LogP contribution in [0.2, 0.25) is 0 Å². The van der Waals surface area contributed by atoms with Gasteiger partial charge in [0.25, 0.3) is 0 Å². The van der Waals surface area contributed by atoms with Gasteiger partial charge in [-0.2, -0.15) is 0 Å². The number of carbonyl (C=O) groups is 4. The maximum Gasteiger partial charge on any atom is 0.322 e. The van der Waals surface area contributed by atoms with E-state index >= 15 is 0 Å². The fourth-order valence-corrected chi connectivity index (χ4v) is 2.68. The first-order valence-electron chi connectivity index (χ1n) is 9.86. The third kappa shape index (κ3) is 9.55. The summed E-state index contributed by atoms with van der Waals surface area (Å²) in [6.07, 6.45) is 3.21. The average Bonchev–Trinajstić information content (AvgIpc) is 3.22. The number of carbonyl (C=O) groups excluding carboxylic acids is 3. The molecule has 4 unspecified atom stereocenters. The second-order valence-electron chi connectivity index (χ2n) is 7.07. The Balaban J connectivity index is 2.83. The predicted octanol–water partition coefficient (Wildman–Crippen LogP) is -3.04. The highest BCUT2D eigenvalue weighted by Gasteiger charge is 2.31. The van der Waals surface area contributed by atoms with Gasteiger partial charge in [0.2, 0.25) is 17.7 Å². The Bertz CT molecular complexity index is 725. The number of imidazole rings is 1. The summed E-state index contributed by atoms with van der Waals surface area (Å²) in [6.45, 7) is 1.13. The van der Waals surface area contributed by atoms with Crippen LogP contribution in [0.5, 0.6) is 0 Å². The van der Waals surface area contributed by atoms with Crippen molar-refractivity contribution in [2.45, 2.75) is 56.8 Å². The average molecular weight is 441 g/mol. The molecular weight excluding hydrogens is 410 g/mol. The van der Waals surface area contributed by atoms with Crippen molar-refractivity contribution in [2.24, 2.45) is 11.5 Å². The smallest absolute Gasteiger partial charge is 0.322 e. The summed E-state index contributed by atoms with van der Waals surface area (Å²) in [5, 5.41) is 25.8. The molecule has 10 N–H and O–H groups in total. The summed E-state index contributed by atoms with van der Waals surface area (Å²) < 4.78 is 0. The molecule has 0 aliphatic heterocycles. The molecule has 1 rings (SSSR count). The highest BCUT2D eigenvalue weighted by atomic mass is 16.4. The number of aliphatic hydroxyl groups is 1. The number of carboxylic acid groups (broad SMARTS) is 1. The summed E-state index contributed by atoms with van der Waals surface area (Å²) in [5.41, 5.74) is 11.7. The van der Waals surface area contributed by atoms with E-state index in [1.54, 1.807) is 0 Å². The van der Waals surface area contributed by atoms with E-state index in [0.29, 0.717) is 31.5 Å². The Kier molecular flexibility index (Phi) is 11.2. The van der Waals surface area contributed by atoms with E-state index in [1.165, 1.54) is 19.4 Å². The third-order valence-corrected chi connectivity index (χ3v) is 4.39. The van der Waals surface area contributed by atoms with Crippen molar-refractivity contribution in [1.82, 2.24) is 25.9 Å². The molecule has 1 aromatic heterocycles. The van der Waals surface area contributed by atoms with Crippen molar-refractivity contribution in [3.63, 3.8) is 0 Å². The van der Waals surface area contributed by atoms with Crippen LogP contribution in [-0.4, -0.2) is 81.2 Å². The number of aliphatic hydroxyl groups excluding tert-OH is 1. The Morgan fingerprint density at radius 2 is 1.87 bits per heavy atom. The van der Waals surface area contributed by atoms with Crippen LogP contribution < -0.4 is 27.4 Å². The number of carboxylic acids is 1. The zero-order valence-electron chi connectivity index (χ0n) is 17.3. The quantitative estimate of drug-likeness (QED) is 0.137. The SMILES string of the molecule is CC(O)C(NC(=O)C(N)CCCCN)C(=O)NC(Cc1cnc[nH]1)C(=O)NCC(=O)O. The molecule has 4 atom stereocenters. The molecule has 1 heterocycles. The number of nitrogens with zero attached hydrogens (tertiary/aromatic N) is 1. The number of hydrogen-bond donors (Lipinski definition) is 8. The van der Waals surface area contributed by atoms with Crippen LogP contribution in [0, 0.1) is 0 Å². The lowest BCUT2D eigenvalue weighted by molar-refractivity contribution is -0.138. The Morgan fingerprint density at radius 3 is 2.42 bits per heavy atom. The number of aliphatic carboxylic acids is 1. The number of H-pyrrole nitrogens is 1. The van der Waals surface area contributed by atoms with Crippen molar-refractivity contribution in [3.05, 3.63) is 18.2 Å². The number of amides is 3. The summed E-state index contributed by atoms with van der Waals surface area (Å²) in [5.74, 6) is -3.46. The molecule has 0 saturated carbocycles. The Labute approximate surface area is 179 Å². The van der Waals surface area contributed by atoms with Crippen LogP contribution in [0.15, 0.2) is 12.5 Å². The molecule has 0 fully saturated rings. The summed E-state index contributed by atoms with van der Waals surface area (Å²) in [4.78, 5) is 54.7. The molecule has 0 aliphatic carbocycles. The van der Waals surface area contributed by atoms with Gasteiger partial charge in [0.1, 0.15) is 18.6 Å². The van der Waals surface area contributed by atoms with Gasteiger partial charge in [-0.25, -0.2) is 4.98 Å². The molecule has 31 heavy (non-hydrogen) atoms. The van der Waals surface area contributed by atoms with Gasteiger partial charge in [0.05, 0.1) is 18.5 Å². The number of aromatic nitrogens is 2. The van der Waals surface area contributed by atoms with Gasteiger partial charge in [0.15, 0.2) is 0 Å². The van der Waals surface area contributed by atoms with Gasteiger partial charge >= 0.3 is 5.97 Å². The van der Waals surface area contributed by atoms with Crippen molar-refractivity contribution < 1.29 is 29.4 Å². The van der Waals surface area contributed by atoms with Crippen LogP contribution in [0.25, 0.3) is 0 Å². The van der Waals surface area contributed by atoms with Crippen molar-refractivity contribution in [1.29, 1.82) is 0 Å². The number of aromatic amines is 1. The number of nitrogens with two attached hydrogens (primary N) is 2. The maximum absolute atomic E-state index is 12.7. The molecule has 0 radical (unpaired) electrons. The van der Waals surface area contributed by atoms with Crippen LogP contribution in [0.3, 0.4) is 0 Å². The first-order valence-corrected chi connectivity index (χ1v) is 9.86. The van der Waals surface area contributed by atoms with Gasteiger partial charge < -0.3 is 42.6 Å². The summed E-state index contributed by atoms with van der Waals surface area (Å²) >= 11 is 0. The Hall–Kier alpha value is -3.03. The van der Waals surface area contributed by atoms with E-state index in [1.807, 2.05) is 0 Å². The second-order valence-corrected chi connectivity index (χ2v) is 7.07. The number of unbranched alkanes of at least 4 members (excludes halogenated alkanes) is 1. The number of nitrogens with one attached hydrogen (secondary N) is 4. The lowest BCUT2D eigenvalue weighted by atomic mass is 10.1. The van der Waals surface area contributed by atoms with Gasteiger partial charge in [-0.05, 0) is 26.3 Å². The molecule has 1 aromatic rings. The first-order chi connectivity index (χ1) is 14.6. The van der Waals surface area contributed by atoms with E-state index in [2.05, 4.69) is 25.9 Å². The van der Waals surface area contributed by atoms with Gasteiger partial charge in [0, 0.05) is 18.3 Å². The lowest BCUT2D eigenvalue weighted by Crippen LogP contribution is -2.59. The molecule has 0 bridgehead atoms. The largest absolute Gasteiger partial charge is 0.480 e. The normalized spacial score (nSPS) is 14.7. The second kappa shape index (κ2) is 13.3. The van der Waals surface area contributed by atoms with Gasteiger partial charge in [-0.15, -0.1) is 0 Å². The molecular formula is C18H31N7O6. The standard InChI is InChI=1S/C18H31N7O6/c1-10(26)15(25-16(29)12(20)4-2-3-5-19)18(31)24-13(6-11-7-21-9-23-11)17(30)22-8-14(27)28/h7,9-10,12-13,15,26H,2-6,8,19-20H2,1H3,(H,21,23)(H,22,30)(H,24,31)(H,25,29)(H,27,28). The molecule has 0 aliphatic rings. The fraction of sp³-hybridized carbons (Fsp3) is 0.611. The van der Waals surface area contributed by atoms with Gasteiger partial charge in [-0.1, -0.05) is 6.42 Å². The number of rotatable bonds is 14. The zero-order valence-corrected chi connectivity index (χ0v) is 17.3. The van der Waals surface area contributed by atoms with Crippen molar-refractivity contribution in [2.75, 3.05) is 13.1 Å². The summed E-state index contributed by atoms with van der Waals surface area (Å²) in [7, 11) is 0. The summed E-state index contributed by atoms with van der Waals surface area (Å²) in [6, 6.07) is -3.44. The van der Waals surface area contributed by atoms with E-state index < -0.39 is 54.5 Å². The first kappa shape index (κ1) is 26.0. The maximum atomic E-state index is 12.7. The molecule has 13 heteroatoms. The topological polar surface area (TPSA) is 226 Å². The highest BCUT2D eigenvalue weighted by molar-refractivity contribution is 5.94. The van der Waals surface area contributed by atoms with E-state index in [9.17, 15) is 24.3 Å². The van der Waals surface area contributed by atoms with Crippen LogP contribution in [-0.2, 0) is 25.6 Å². The molecule has 0 spiro atoms. The van der Waals surface area contributed by atoms with Crippen LogP contribution >= 0.6 is 0 Å². The van der Waals surface area contributed by atoms with Crippen LogP contribution in [0.4, 0.5) is 0 Å². The van der Waals surface area contributed by atoms with Crippen molar-refractivity contribution in [3.8, 4) is 0 Å². The molecule has 0 saturated heterocycles.